The Bertz CT molecular complexity index is 736. The number of hydrogen-bond donors (Lipinski definition) is 2. The number of aromatic nitrogens is 2. The van der Waals surface area contributed by atoms with Crippen LogP contribution in [0.1, 0.15) is 17.4 Å². The van der Waals surface area contributed by atoms with Crippen molar-refractivity contribution in [1.29, 1.82) is 0 Å². The van der Waals surface area contributed by atoms with Crippen molar-refractivity contribution in [1.82, 2.24) is 25.1 Å². The molecule has 27 heavy (non-hydrogen) atoms. The van der Waals surface area contributed by atoms with Crippen LogP contribution in [0, 0.1) is 0 Å². The van der Waals surface area contributed by atoms with Gasteiger partial charge in [0.2, 0.25) is 5.91 Å². The van der Waals surface area contributed by atoms with Crippen LogP contribution in [-0.4, -0.2) is 60.2 Å². The van der Waals surface area contributed by atoms with E-state index in [2.05, 4.69) is 20.5 Å². The summed E-state index contributed by atoms with van der Waals surface area (Å²) in [7, 11) is 3.65. The van der Waals surface area contributed by atoms with Crippen molar-refractivity contribution in [3.63, 3.8) is 0 Å². The lowest BCUT2D eigenvalue weighted by molar-refractivity contribution is -0.123. The zero-order chi connectivity index (χ0) is 18.4. The average molecular weight is 394 g/mol. The van der Waals surface area contributed by atoms with Gasteiger partial charge in [-0.25, -0.2) is 4.98 Å². The Morgan fingerprint density at radius 3 is 2.96 bits per heavy atom. The molecule has 1 saturated heterocycles. The van der Waals surface area contributed by atoms with Gasteiger partial charge in [-0.3, -0.25) is 9.69 Å². The van der Waals surface area contributed by atoms with Crippen molar-refractivity contribution < 1.29 is 9.53 Å². The largest absolute Gasteiger partial charge is 0.496 e. The quantitative estimate of drug-likeness (QED) is 0.738. The third-order valence-electron chi connectivity index (χ3n) is 4.77. The Hall–Kier alpha value is -2.09. The summed E-state index contributed by atoms with van der Waals surface area (Å²) in [6.45, 7) is 3.50. The molecule has 148 valence electrons. The molecule has 7 nitrogen and oxygen atoms in total. The molecule has 1 amide bonds. The number of carbonyl (C=O) groups excluding carboxylic acids is 1. The summed E-state index contributed by atoms with van der Waals surface area (Å²) in [6, 6.07) is 8.01. The summed E-state index contributed by atoms with van der Waals surface area (Å²) in [6.07, 6.45) is 4.49. The molecule has 8 heteroatoms. The molecule has 2 heterocycles. The first-order valence-electron chi connectivity index (χ1n) is 8.99. The molecule has 0 bridgehead atoms. The standard InChI is InChI=1S/C19H27N5O2.ClH/c1-23-11-10-22-19(23)16-13-20-9-12-24(16)14-18(25)21-8-7-15-5-3-4-6-17(15)26-2;/h3-6,10-11,16,20H,7-9,12-14H2,1-2H3,(H,21,25);1H. The van der Waals surface area contributed by atoms with Gasteiger partial charge in [0.05, 0.1) is 19.7 Å². The Morgan fingerprint density at radius 2 is 2.22 bits per heavy atom. The molecule has 2 aromatic rings. The molecule has 1 unspecified atom stereocenters. The van der Waals surface area contributed by atoms with Crippen molar-refractivity contribution in [3.05, 3.63) is 48.0 Å². The van der Waals surface area contributed by atoms with Crippen molar-refractivity contribution in [3.8, 4) is 5.75 Å². The van der Waals surface area contributed by atoms with Gasteiger partial charge < -0.3 is 19.9 Å². The van der Waals surface area contributed by atoms with Crippen LogP contribution in [0.25, 0.3) is 0 Å². The van der Waals surface area contributed by atoms with Gasteiger partial charge in [0.25, 0.3) is 0 Å². The van der Waals surface area contributed by atoms with Crippen molar-refractivity contribution in [2.45, 2.75) is 12.5 Å². The van der Waals surface area contributed by atoms with E-state index in [4.69, 9.17) is 4.74 Å². The maximum absolute atomic E-state index is 12.4. The molecule has 2 N–H and O–H groups in total. The number of methoxy groups -OCH3 is 1. The van der Waals surface area contributed by atoms with Crippen LogP contribution in [0.2, 0.25) is 0 Å². The summed E-state index contributed by atoms with van der Waals surface area (Å²) < 4.78 is 7.37. The van der Waals surface area contributed by atoms with Gasteiger partial charge in [-0.2, -0.15) is 0 Å². The highest BCUT2D eigenvalue weighted by Gasteiger charge is 2.28. The second-order valence-corrected chi connectivity index (χ2v) is 6.50. The summed E-state index contributed by atoms with van der Waals surface area (Å²) in [5.41, 5.74) is 1.10. The molecule has 1 atom stereocenters. The van der Waals surface area contributed by atoms with Crippen molar-refractivity contribution in [2.24, 2.45) is 7.05 Å². The van der Waals surface area contributed by atoms with Gasteiger partial charge in [-0.05, 0) is 18.1 Å². The number of hydrogen-bond acceptors (Lipinski definition) is 5. The Labute approximate surface area is 166 Å². The number of benzene rings is 1. The lowest BCUT2D eigenvalue weighted by atomic mass is 10.1. The Morgan fingerprint density at radius 1 is 1.41 bits per heavy atom. The minimum absolute atomic E-state index is 0. The normalized spacial score (nSPS) is 17.2. The number of aryl methyl sites for hydroxylation is 1. The number of carbonyl (C=O) groups is 1. The summed E-state index contributed by atoms with van der Waals surface area (Å²) >= 11 is 0. The van der Waals surface area contributed by atoms with Crippen LogP contribution in [0.15, 0.2) is 36.7 Å². The zero-order valence-electron chi connectivity index (χ0n) is 15.9. The van der Waals surface area contributed by atoms with Crippen LogP contribution < -0.4 is 15.4 Å². The number of ether oxygens (including phenoxy) is 1. The number of amides is 1. The molecular weight excluding hydrogens is 366 g/mol. The monoisotopic (exact) mass is 393 g/mol. The molecule has 0 saturated carbocycles. The number of nitrogens with zero attached hydrogens (tertiary/aromatic N) is 3. The van der Waals surface area contributed by atoms with Crippen LogP contribution in [0.4, 0.5) is 0 Å². The first-order chi connectivity index (χ1) is 12.7. The van der Waals surface area contributed by atoms with E-state index >= 15 is 0 Å². The topological polar surface area (TPSA) is 71.4 Å². The predicted octanol–water partition coefficient (Wildman–Crippen LogP) is 1.16. The lowest BCUT2D eigenvalue weighted by Crippen LogP contribution is -2.50. The molecule has 1 fully saturated rings. The first kappa shape index (κ1) is 21.2. The second-order valence-electron chi connectivity index (χ2n) is 6.50. The van der Waals surface area contributed by atoms with E-state index in [0.29, 0.717) is 13.1 Å². The highest BCUT2D eigenvalue weighted by Crippen LogP contribution is 2.20. The highest BCUT2D eigenvalue weighted by atomic mass is 35.5. The predicted molar refractivity (Wildman–Crippen MR) is 107 cm³/mol. The molecule has 3 rings (SSSR count). The van der Waals surface area contributed by atoms with Crippen molar-refractivity contribution in [2.75, 3.05) is 39.8 Å². The van der Waals surface area contributed by atoms with Crippen LogP contribution >= 0.6 is 12.4 Å². The van der Waals surface area contributed by atoms with E-state index < -0.39 is 0 Å². The average Bonchev–Trinajstić information content (AvgIpc) is 3.08. The van der Waals surface area contributed by atoms with E-state index in [1.165, 1.54) is 0 Å². The molecule has 0 radical (unpaired) electrons. The zero-order valence-corrected chi connectivity index (χ0v) is 16.7. The fraction of sp³-hybridized carbons (Fsp3) is 0.474. The molecular formula is C19H28ClN5O2. The molecule has 1 aliphatic heterocycles. The second kappa shape index (κ2) is 10.3. The van der Waals surface area contributed by atoms with Crippen molar-refractivity contribution >= 4 is 18.3 Å². The Balaban J connectivity index is 0.00000261. The molecule has 1 aliphatic rings. The molecule has 0 spiro atoms. The number of rotatable bonds is 7. The van der Waals surface area contributed by atoms with Gasteiger partial charge in [0.15, 0.2) is 0 Å². The maximum atomic E-state index is 12.4. The minimum atomic E-state index is 0. The molecule has 1 aromatic heterocycles. The number of piperazine rings is 1. The summed E-state index contributed by atoms with van der Waals surface area (Å²) in [5, 5.41) is 6.42. The smallest absolute Gasteiger partial charge is 0.234 e. The maximum Gasteiger partial charge on any atom is 0.234 e. The lowest BCUT2D eigenvalue weighted by Gasteiger charge is -2.35. The van der Waals surface area contributed by atoms with Gasteiger partial charge in [-0.15, -0.1) is 12.4 Å². The van der Waals surface area contributed by atoms with Gasteiger partial charge in [-0.1, -0.05) is 18.2 Å². The first-order valence-corrected chi connectivity index (χ1v) is 8.99. The van der Waals surface area contributed by atoms with E-state index in [1.807, 2.05) is 42.1 Å². The van der Waals surface area contributed by atoms with Crippen LogP contribution in [-0.2, 0) is 18.3 Å². The fourth-order valence-electron chi connectivity index (χ4n) is 3.37. The van der Waals surface area contributed by atoms with E-state index in [0.717, 1.165) is 43.2 Å². The van der Waals surface area contributed by atoms with Gasteiger partial charge in [0.1, 0.15) is 11.6 Å². The fourth-order valence-corrected chi connectivity index (χ4v) is 3.37. The molecule has 0 aliphatic carbocycles. The van der Waals surface area contributed by atoms with E-state index in [1.54, 1.807) is 13.3 Å². The van der Waals surface area contributed by atoms with Gasteiger partial charge >= 0.3 is 0 Å². The van der Waals surface area contributed by atoms with E-state index in [9.17, 15) is 4.79 Å². The summed E-state index contributed by atoms with van der Waals surface area (Å²) in [4.78, 5) is 19.1. The van der Waals surface area contributed by atoms with Gasteiger partial charge in [0, 0.05) is 45.6 Å². The third-order valence-corrected chi connectivity index (χ3v) is 4.77. The van der Waals surface area contributed by atoms with Crippen LogP contribution in [0.5, 0.6) is 5.75 Å². The SMILES string of the molecule is COc1ccccc1CCNC(=O)CN1CCNCC1c1nccn1C.Cl. The third kappa shape index (κ3) is 5.45. The number of halogens is 1. The van der Waals surface area contributed by atoms with E-state index in [-0.39, 0.29) is 24.4 Å². The van der Waals surface area contributed by atoms with Crippen LogP contribution in [0.3, 0.4) is 0 Å². The number of para-hydroxylation sites is 1. The number of nitrogens with one attached hydrogen (secondary N) is 2. The molecule has 1 aromatic carbocycles. The Kier molecular flexibility index (Phi) is 8.09. The summed E-state index contributed by atoms with van der Waals surface area (Å²) in [5.74, 6) is 1.89. The minimum Gasteiger partial charge on any atom is -0.496 e. The highest BCUT2D eigenvalue weighted by molar-refractivity contribution is 5.85. The number of imidazole rings is 1.